The van der Waals surface area contributed by atoms with Gasteiger partial charge in [-0.15, -0.1) is 0 Å². The molecule has 2 aromatic rings. The third-order valence-corrected chi connectivity index (χ3v) is 3.72. The van der Waals surface area contributed by atoms with Crippen molar-refractivity contribution in [2.24, 2.45) is 0 Å². The van der Waals surface area contributed by atoms with E-state index in [0.29, 0.717) is 16.9 Å². The topological polar surface area (TPSA) is 53.9 Å². The first-order valence-electron chi connectivity index (χ1n) is 6.90. The highest BCUT2D eigenvalue weighted by molar-refractivity contribution is 6.30. The van der Waals surface area contributed by atoms with Crippen molar-refractivity contribution in [2.75, 3.05) is 23.3 Å². The van der Waals surface area contributed by atoms with Gasteiger partial charge >= 0.3 is 0 Å². The fraction of sp³-hybridized carbons (Fsp3) is 0.357. The van der Waals surface area contributed by atoms with Crippen LogP contribution in [0.25, 0.3) is 0 Å². The van der Waals surface area contributed by atoms with Gasteiger partial charge in [0, 0.05) is 23.8 Å². The zero-order valence-corrected chi connectivity index (χ0v) is 12.9. The van der Waals surface area contributed by atoms with E-state index in [2.05, 4.69) is 25.2 Å². The lowest BCUT2D eigenvalue weighted by molar-refractivity contribution is 0.567. The molecule has 0 spiro atoms. The summed E-state index contributed by atoms with van der Waals surface area (Å²) >= 11 is 12.0. The van der Waals surface area contributed by atoms with Gasteiger partial charge in [0.25, 0.3) is 0 Å². The molecule has 1 fully saturated rings. The van der Waals surface area contributed by atoms with Crippen molar-refractivity contribution >= 4 is 40.8 Å². The van der Waals surface area contributed by atoms with Gasteiger partial charge in [-0.25, -0.2) is 0 Å². The third-order valence-electron chi connectivity index (χ3n) is 3.32. The molecule has 1 aliphatic rings. The fourth-order valence-electron chi connectivity index (χ4n) is 2.33. The number of rotatable bonds is 3. The van der Waals surface area contributed by atoms with Gasteiger partial charge in [-0.1, -0.05) is 17.7 Å². The molecular weight excluding hydrogens is 309 g/mol. The Morgan fingerprint density at radius 3 is 2.57 bits per heavy atom. The van der Waals surface area contributed by atoms with E-state index in [1.54, 1.807) is 6.07 Å². The molecule has 2 heterocycles. The number of nitrogens with zero attached hydrogens (tertiary/aromatic N) is 4. The quantitative estimate of drug-likeness (QED) is 0.927. The third kappa shape index (κ3) is 3.74. The van der Waals surface area contributed by atoms with Crippen LogP contribution >= 0.6 is 23.2 Å². The standard InChI is InChI=1S/C14H15Cl2N5/c15-10-5-4-6-11(9-10)17-13-18-12(16)19-14(20-13)21-7-2-1-3-8-21/h4-6,9H,1-3,7-8H2,(H,17,18,19,20). The number of hydrogen-bond acceptors (Lipinski definition) is 5. The van der Waals surface area contributed by atoms with Gasteiger partial charge in [-0.2, -0.15) is 15.0 Å². The van der Waals surface area contributed by atoms with Gasteiger partial charge < -0.3 is 10.2 Å². The largest absolute Gasteiger partial charge is 0.341 e. The minimum absolute atomic E-state index is 0.190. The molecule has 1 saturated heterocycles. The van der Waals surface area contributed by atoms with Crippen molar-refractivity contribution in [3.8, 4) is 0 Å². The lowest BCUT2D eigenvalue weighted by Gasteiger charge is -2.26. The minimum atomic E-state index is 0.190. The molecule has 3 rings (SSSR count). The monoisotopic (exact) mass is 323 g/mol. The normalized spacial score (nSPS) is 15.0. The number of nitrogens with one attached hydrogen (secondary N) is 1. The summed E-state index contributed by atoms with van der Waals surface area (Å²) in [5, 5.41) is 3.95. The molecule has 0 radical (unpaired) electrons. The van der Waals surface area contributed by atoms with Gasteiger partial charge in [0.05, 0.1) is 0 Å². The molecule has 7 heteroatoms. The van der Waals surface area contributed by atoms with Gasteiger partial charge in [0.15, 0.2) is 0 Å². The van der Waals surface area contributed by atoms with Gasteiger partial charge in [-0.05, 0) is 49.1 Å². The van der Waals surface area contributed by atoms with E-state index >= 15 is 0 Å². The van der Waals surface area contributed by atoms with E-state index in [1.165, 1.54) is 6.42 Å². The lowest BCUT2D eigenvalue weighted by atomic mass is 10.1. The summed E-state index contributed by atoms with van der Waals surface area (Å²) in [5.41, 5.74) is 0.814. The maximum absolute atomic E-state index is 6.01. The van der Waals surface area contributed by atoms with E-state index in [4.69, 9.17) is 23.2 Å². The molecule has 0 amide bonds. The molecule has 0 atom stereocenters. The van der Waals surface area contributed by atoms with E-state index < -0.39 is 0 Å². The van der Waals surface area contributed by atoms with Crippen LogP contribution in [-0.4, -0.2) is 28.0 Å². The Labute approximate surface area is 133 Å². The Balaban J connectivity index is 1.83. The smallest absolute Gasteiger partial charge is 0.233 e. The summed E-state index contributed by atoms with van der Waals surface area (Å²) in [4.78, 5) is 14.9. The highest BCUT2D eigenvalue weighted by Crippen LogP contribution is 2.22. The van der Waals surface area contributed by atoms with Crippen molar-refractivity contribution in [3.63, 3.8) is 0 Å². The van der Waals surface area contributed by atoms with Crippen molar-refractivity contribution in [2.45, 2.75) is 19.3 Å². The van der Waals surface area contributed by atoms with Gasteiger partial charge in [0.2, 0.25) is 17.2 Å². The van der Waals surface area contributed by atoms with Crippen molar-refractivity contribution < 1.29 is 0 Å². The average molecular weight is 324 g/mol. The molecule has 1 aromatic heterocycles. The molecule has 1 N–H and O–H groups in total. The Morgan fingerprint density at radius 2 is 1.81 bits per heavy atom. The number of piperidine rings is 1. The Bertz CT molecular complexity index is 629. The summed E-state index contributed by atoms with van der Waals surface area (Å²) in [6.45, 7) is 1.91. The maximum Gasteiger partial charge on any atom is 0.233 e. The molecule has 21 heavy (non-hydrogen) atoms. The first-order chi connectivity index (χ1) is 10.2. The van der Waals surface area contributed by atoms with E-state index in [1.807, 2.05) is 18.2 Å². The zero-order chi connectivity index (χ0) is 14.7. The molecule has 5 nitrogen and oxygen atoms in total. The SMILES string of the molecule is Clc1cccc(Nc2nc(Cl)nc(N3CCCCC3)n2)c1. The number of anilines is 3. The number of benzene rings is 1. The summed E-state index contributed by atoms with van der Waals surface area (Å²) in [6.07, 6.45) is 3.56. The van der Waals surface area contributed by atoms with Crippen LogP contribution < -0.4 is 10.2 Å². The van der Waals surface area contributed by atoms with Crippen LogP contribution in [0.2, 0.25) is 10.3 Å². The van der Waals surface area contributed by atoms with E-state index in [0.717, 1.165) is 31.6 Å². The number of hydrogen-bond donors (Lipinski definition) is 1. The van der Waals surface area contributed by atoms with Crippen molar-refractivity contribution in [3.05, 3.63) is 34.6 Å². The first kappa shape index (κ1) is 14.4. The van der Waals surface area contributed by atoms with Crippen LogP contribution in [0.5, 0.6) is 0 Å². The predicted molar refractivity (Wildman–Crippen MR) is 85.6 cm³/mol. The van der Waals surface area contributed by atoms with Crippen LogP contribution in [0.1, 0.15) is 19.3 Å². The van der Waals surface area contributed by atoms with Crippen molar-refractivity contribution in [1.82, 2.24) is 15.0 Å². The van der Waals surface area contributed by atoms with Crippen LogP contribution in [-0.2, 0) is 0 Å². The first-order valence-corrected chi connectivity index (χ1v) is 7.65. The number of aromatic nitrogens is 3. The summed E-state index contributed by atoms with van der Waals surface area (Å²) < 4.78 is 0. The molecule has 0 aliphatic carbocycles. The van der Waals surface area contributed by atoms with E-state index in [-0.39, 0.29) is 5.28 Å². The summed E-state index contributed by atoms with van der Waals surface area (Å²) in [7, 11) is 0. The summed E-state index contributed by atoms with van der Waals surface area (Å²) in [5.74, 6) is 1.05. The van der Waals surface area contributed by atoms with Crippen LogP contribution in [0.3, 0.4) is 0 Å². The highest BCUT2D eigenvalue weighted by Gasteiger charge is 2.15. The fourth-order valence-corrected chi connectivity index (χ4v) is 2.67. The zero-order valence-electron chi connectivity index (χ0n) is 11.4. The van der Waals surface area contributed by atoms with Crippen LogP contribution in [0.15, 0.2) is 24.3 Å². The molecule has 1 aliphatic heterocycles. The minimum Gasteiger partial charge on any atom is -0.341 e. The Morgan fingerprint density at radius 1 is 1.00 bits per heavy atom. The molecule has 0 bridgehead atoms. The van der Waals surface area contributed by atoms with Crippen LogP contribution in [0, 0.1) is 0 Å². The van der Waals surface area contributed by atoms with Gasteiger partial charge in [-0.3, -0.25) is 0 Å². The predicted octanol–water partition coefficient (Wildman–Crippen LogP) is 3.91. The second kappa shape index (κ2) is 6.45. The maximum atomic E-state index is 6.01. The molecule has 0 unspecified atom stereocenters. The summed E-state index contributed by atoms with van der Waals surface area (Å²) in [6, 6.07) is 7.37. The molecule has 110 valence electrons. The average Bonchev–Trinajstić information content (AvgIpc) is 2.47. The van der Waals surface area contributed by atoms with E-state index in [9.17, 15) is 0 Å². The van der Waals surface area contributed by atoms with Crippen LogP contribution in [0.4, 0.5) is 17.6 Å². The molecular formula is C14H15Cl2N5. The van der Waals surface area contributed by atoms with Gasteiger partial charge in [0.1, 0.15) is 0 Å². The second-order valence-corrected chi connectivity index (χ2v) is 5.69. The molecule has 1 aromatic carbocycles. The highest BCUT2D eigenvalue weighted by atomic mass is 35.5. The second-order valence-electron chi connectivity index (χ2n) is 4.91. The Hall–Kier alpha value is -1.59. The molecule has 0 saturated carbocycles. The Kier molecular flexibility index (Phi) is 4.41. The van der Waals surface area contributed by atoms with Crippen molar-refractivity contribution in [1.29, 1.82) is 0 Å². The number of halogens is 2. The lowest BCUT2D eigenvalue weighted by Crippen LogP contribution is -2.31.